The second kappa shape index (κ2) is 18.2. The molecule has 54 heavy (non-hydrogen) atoms. The minimum absolute atomic E-state index is 0.0759. The van der Waals surface area contributed by atoms with Gasteiger partial charge in [0.25, 0.3) is 0 Å². The van der Waals surface area contributed by atoms with Crippen molar-refractivity contribution in [2.75, 3.05) is 14.2 Å². The maximum atomic E-state index is 14.2. The van der Waals surface area contributed by atoms with Crippen molar-refractivity contribution in [1.29, 1.82) is 0 Å². The van der Waals surface area contributed by atoms with Crippen LogP contribution in [0.1, 0.15) is 72.1 Å². The third-order valence-electron chi connectivity index (χ3n) is 10.7. The van der Waals surface area contributed by atoms with E-state index in [0.29, 0.717) is 28.1 Å². The number of carbonyl (C=O) groups is 5. The Labute approximate surface area is 315 Å². The van der Waals surface area contributed by atoms with Gasteiger partial charge in [-0.15, -0.1) is 0 Å². The van der Waals surface area contributed by atoms with Crippen molar-refractivity contribution >= 4 is 40.6 Å². The number of esters is 1. The van der Waals surface area contributed by atoms with Gasteiger partial charge in [0.05, 0.1) is 37.3 Å². The molecular weight excluding hydrogens is 692 g/mol. The van der Waals surface area contributed by atoms with E-state index in [-0.39, 0.29) is 31.1 Å². The van der Waals surface area contributed by atoms with E-state index >= 15 is 0 Å². The number of benzene rings is 2. The van der Waals surface area contributed by atoms with E-state index in [1.807, 2.05) is 48.5 Å². The Morgan fingerprint density at radius 3 is 2.13 bits per heavy atom. The van der Waals surface area contributed by atoms with Crippen molar-refractivity contribution in [3.8, 4) is 22.8 Å². The number of methoxy groups -OCH3 is 2. The molecule has 1 unspecified atom stereocenters. The molecule has 13 nitrogen and oxygen atoms in total. The SMILES string of the molecule is CC[C@H](NC(=O)[C@@H]1C[C@@H](Oc2cc(-c3ccccc3)nc3cc(OC)ccc23)CC1C(=O)N[C@@H](C(=O)N[C@@H](C(=O)OC)C1CCCCC1)C(C)C)C(=O)O. The van der Waals surface area contributed by atoms with Gasteiger partial charge in [-0.2, -0.15) is 0 Å². The van der Waals surface area contributed by atoms with E-state index < -0.39 is 65.7 Å². The van der Waals surface area contributed by atoms with Gasteiger partial charge in [0.15, 0.2) is 0 Å². The Kier molecular flexibility index (Phi) is 13.5. The van der Waals surface area contributed by atoms with Gasteiger partial charge in [-0.25, -0.2) is 14.6 Å². The summed E-state index contributed by atoms with van der Waals surface area (Å²) in [4.78, 5) is 71.3. The Balaban J connectivity index is 1.42. The first-order valence-corrected chi connectivity index (χ1v) is 18.9. The third-order valence-corrected chi connectivity index (χ3v) is 10.7. The van der Waals surface area contributed by atoms with Gasteiger partial charge in [-0.1, -0.05) is 70.4 Å². The van der Waals surface area contributed by atoms with E-state index in [9.17, 15) is 29.1 Å². The summed E-state index contributed by atoms with van der Waals surface area (Å²) < 4.78 is 17.1. The highest BCUT2D eigenvalue weighted by Gasteiger charge is 2.46. The molecule has 0 bridgehead atoms. The van der Waals surface area contributed by atoms with Gasteiger partial charge in [-0.05, 0) is 56.1 Å². The smallest absolute Gasteiger partial charge is 0.328 e. The van der Waals surface area contributed by atoms with Crippen molar-refractivity contribution in [1.82, 2.24) is 20.9 Å². The molecule has 13 heteroatoms. The van der Waals surface area contributed by atoms with Crippen molar-refractivity contribution in [3.05, 3.63) is 54.6 Å². The van der Waals surface area contributed by atoms with Gasteiger partial charge >= 0.3 is 11.9 Å². The molecule has 5 rings (SSSR count). The summed E-state index contributed by atoms with van der Waals surface area (Å²) in [6, 6.07) is 13.9. The minimum Gasteiger partial charge on any atom is -0.497 e. The van der Waals surface area contributed by atoms with E-state index in [1.54, 1.807) is 33.9 Å². The molecule has 3 aromatic rings. The van der Waals surface area contributed by atoms with Crippen LogP contribution in [-0.2, 0) is 28.7 Å². The first-order chi connectivity index (χ1) is 25.9. The van der Waals surface area contributed by atoms with Gasteiger partial charge in [-0.3, -0.25) is 14.4 Å². The summed E-state index contributed by atoms with van der Waals surface area (Å²) in [5.74, 6) is -4.59. The predicted octanol–water partition coefficient (Wildman–Crippen LogP) is 5.04. The lowest BCUT2D eigenvalue weighted by atomic mass is 9.83. The standard InChI is InChI=1S/C41H52N4O9/c1-6-31(40(49)50)43-37(46)29-19-27(54-34-22-32(24-13-9-7-10-14-24)42-33-21-26(52-4)17-18-28(33)34)20-30(29)38(47)44-35(23(2)3)39(48)45-36(41(51)53-5)25-15-11-8-12-16-25/h7,9-10,13-14,17-18,21-23,25,27,29-31,35-36H,6,8,11-12,15-16,19-20H2,1-5H3,(H,43,46)(H,44,47)(H,45,48)(H,49,50)/t27-,29-,30?,31+,35-,36-/m1/s1. The average molecular weight is 745 g/mol. The lowest BCUT2D eigenvalue weighted by molar-refractivity contribution is -0.147. The number of carboxylic acids is 1. The van der Waals surface area contributed by atoms with Crippen LogP contribution in [-0.4, -0.2) is 78.2 Å². The van der Waals surface area contributed by atoms with Crippen LogP contribution in [0.15, 0.2) is 54.6 Å². The van der Waals surface area contributed by atoms with E-state index in [4.69, 9.17) is 19.2 Å². The van der Waals surface area contributed by atoms with Crippen LogP contribution in [0.2, 0.25) is 0 Å². The van der Waals surface area contributed by atoms with Crippen molar-refractivity contribution in [2.24, 2.45) is 23.7 Å². The number of hydrogen-bond donors (Lipinski definition) is 4. The van der Waals surface area contributed by atoms with Crippen LogP contribution < -0.4 is 25.4 Å². The number of pyridine rings is 1. The largest absolute Gasteiger partial charge is 0.497 e. The first kappa shape index (κ1) is 40.0. The number of ether oxygens (including phenoxy) is 3. The van der Waals surface area contributed by atoms with E-state index in [2.05, 4.69) is 16.0 Å². The Hall–Kier alpha value is -5.20. The second-order valence-corrected chi connectivity index (χ2v) is 14.6. The van der Waals surface area contributed by atoms with Crippen LogP contribution in [0, 0.1) is 23.7 Å². The molecule has 0 saturated heterocycles. The molecule has 3 amide bonds. The van der Waals surface area contributed by atoms with Crippen LogP contribution >= 0.6 is 0 Å². The number of fused-ring (bicyclic) bond motifs is 1. The Morgan fingerprint density at radius 1 is 0.870 bits per heavy atom. The lowest BCUT2D eigenvalue weighted by Crippen LogP contribution is -2.57. The number of carbonyl (C=O) groups excluding carboxylic acids is 4. The summed E-state index contributed by atoms with van der Waals surface area (Å²) in [6.45, 7) is 5.23. The molecule has 2 aliphatic carbocycles. The van der Waals surface area contributed by atoms with Gasteiger partial charge < -0.3 is 35.3 Å². The number of aliphatic carboxylic acids is 1. The summed E-state index contributed by atoms with van der Waals surface area (Å²) in [5.41, 5.74) is 2.15. The zero-order chi connectivity index (χ0) is 38.9. The number of carboxylic acid groups (broad SMARTS) is 1. The number of aromatic nitrogens is 1. The number of nitrogens with one attached hydrogen (secondary N) is 3. The topological polar surface area (TPSA) is 182 Å². The van der Waals surface area contributed by atoms with Gasteiger partial charge in [0.1, 0.15) is 35.7 Å². The van der Waals surface area contributed by atoms with Crippen molar-refractivity contribution in [2.45, 2.75) is 96.4 Å². The molecule has 2 aliphatic rings. The summed E-state index contributed by atoms with van der Waals surface area (Å²) in [7, 11) is 2.86. The van der Waals surface area contributed by atoms with Gasteiger partial charge in [0, 0.05) is 23.1 Å². The monoisotopic (exact) mass is 744 g/mol. The van der Waals surface area contributed by atoms with Gasteiger partial charge in [0.2, 0.25) is 17.7 Å². The minimum atomic E-state index is -1.18. The Morgan fingerprint density at radius 2 is 1.54 bits per heavy atom. The fourth-order valence-corrected chi connectivity index (χ4v) is 7.62. The highest BCUT2D eigenvalue weighted by atomic mass is 16.5. The van der Waals surface area contributed by atoms with Crippen molar-refractivity contribution < 1.29 is 43.3 Å². The number of rotatable bonds is 15. The average Bonchev–Trinajstić information content (AvgIpc) is 3.61. The Bertz CT molecular complexity index is 1810. The summed E-state index contributed by atoms with van der Waals surface area (Å²) in [5, 5.41) is 18.7. The lowest BCUT2D eigenvalue weighted by Gasteiger charge is -2.31. The van der Waals surface area contributed by atoms with Crippen LogP contribution in [0.3, 0.4) is 0 Å². The summed E-state index contributed by atoms with van der Waals surface area (Å²) in [6.07, 6.45) is 4.28. The molecule has 0 radical (unpaired) electrons. The zero-order valence-corrected chi connectivity index (χ0v) is 31.6. The molecule has 4 N–H and O–H groups in total. The van der Waals surface area contributed by atoms with Crippen LogP contribution in [0.4, 0.5) is 0 Å². The normalized spacial score (nSPS) is 20.4. The van der Waals surface area contributed by atoms with Crippen LogP contribution in [0.25, 0.3) is 22.2 Å². The number of hydrogen-bond acceptors (Lipinski definition) is 9. The molecule has 2 fully saturated rings. The molecule has 1 heterocycles. The number of amides is 3. The molecular formula is C41H52N4O9. The molecule has 2 aromatic carbocycles. The maximum absolute atomic E-state index is 14.2. The maximum Gasteiger partial charge on any atom is 0.328 e. The molecule has 2 saturated carbocycles. The van der Waals surface area contributed by atoms with E-state index in [1.165, 1.54) is 7.11 Å². The molecule has 290 valence electrons. The number of nitrogens with zero attached hydrogens (tertiary/aromatic N) is 1. The highest BCUT2D eigenvalue weighted by molar-refractivity contribution is 5.94. The fourth-order valence-electron chi connectivity index (χ4n) is 7.62. The fraction of sp³-hybridized carbons (Fsp3) is 0.512. The predicted molar refractivity (Wildman–Crippen MR) is 202 cm³/mol. The molecule has 0 aliphatic heterocycles. The molecule has 1 aromatic heterocycles. The highest BCUT2D eigenvalue weighted by Crippen LogP contribution is 2.39. The quantitative estimate of drug-likeness (QED) is 0.154. The van der Waals surface area contributed by atoms with E-state index in [0.717, 1.165) is 37.7 Å². The molecule has 6 atom stereocenters. The summed E-state index contributed by atoms with van der Waals surface area (Å²) >= 11 is 0. The third kappa shape index (κ3) is 9.47. The van der Waals surface area contributed by atoms with Crippen molar-refractivity contribution in [3.63, 3.8) is 0 Å². The second-order valence-electron chi connectivity index (χ2n) is 14.6. The zero-order valence-electron chi connectivity index (χ0n) is 31.6. The first-order valence-electron chi connectivity index (χ1n) is 18.9. The van der Waals surface area contributed by atoms with Crippen LogP contribution in [0.5, 0.6) is 11.5 Å². The molecule has 0 spiro atoms.